The molecule has 0 atom stereocenters. The van der Waals surface area contributed by atoms with Gasteiger partial charge >= 0.3 is 8.60 Å². The summed E-state index contributed by atoms with van der Waals surface area (Å²) in [6.45, 7) is 50.1. The fourth-order valence-electron chi connectivity index (χ4n) is 8.66. The van der Waals surface area contributed by atoms with Crippen LogP contribution in [0.15, 0.2) is 102 Å². The van der Waals surface area contributed by atoms with E-state index >= 15 is 0 Å². The first kappa shape index (κ1) is 68.8. The van der Waals surface area contributed by atoms with Crippen LogP contribution in [0.5, 0.6) is 34.5 Å². The molecule has 0 fully saturated rings. The van der Waals surface area contributed by atoms with Crippen LogP contribution < -0.4 is 0 Å². The van der Waals surface area contributed by atoms with Crippen LogP contribution in [0.4, 0.5) is 0 Å². The molecule has 6 aromatic rings. The largest absolute Gasteiger partial charge is 0.508 e. The highest BCUT2D eigenvalue weighted by atomic mass is 32.2. The highest BCUT2D eigenvalue weighted by molar-refractivity contribution is 8.00. The van der Waals surface area contributed by atoms with Crippen molar-refractivity contribution in [2.45, 2.75) is 228 Å². The van der Waals surface area contributed by atoms with Crippen LogP contribution in [0.2, 0.25) is 0 Å². The average Bonchev–Trinajstić information content (AvgIpc) is 3.23. The molecule has 0 saturated carbocycles. The lowest BCUT2D eigenvalue weighted by Gasteiger charge is -2.24. The van der Waals surface area contributed by atoms with Gasteiger partial charge in [-0.15, -0.1) is 0 Å². The summed E-state index contributed by atoms with van der Waals surface area (Å²) in [5, 5.41) is 61.9. The smallest absolute Gasteiger partial charge is 0.324 e. The summed E-state index contributed by atoms with van der Waals surface area (Å²) in [7, 11) is -2.62. The van der Waals surface area contributed by atoms with E-state index in [4.69, 9.17) is 14.7 Å². The van der Waals surface area contributed by atoms with Gasteiger partial charge in [-0.05, 0) is 180 Å². The number of aryl methyl sites for hydroxylation is 6. The predicted molar refractivity (Wildman–Crippen MR) is 335 cm³/mol. The summed E-state index contributed by atoms with van der Waals surface area (Å²) in [6.07, 6.45) is 0. The molecule has 0 heterocycles. The summed E-state index contributed by atoms with van der Waals surface area (Å²) >= 11 is 5.09. The summed E-state index contributed by atoms with van der Waals surface area (Å²) in [6, 6.07) is 23.7. The zero-order chi connectivity index (χ0) is 61.0. The molecular weight excluding hydrogens is 1060 g/mol. The molecule has 434 valence electrons. The van der Waals surface area contributed by atoms with Crippen molar-refractivity contribution in [3.05, 3.63) is 140 Å². The second-order valence-corrected chi connectivity index (χ2v) is 30.7. The molecule has 0 aromatic heterocycles. The maximum Gasteiger partial charge on any atom is 0.324 e. The molecule has 0 bridgehead atoms. The Morgan fingerprint density at radius 1 is 0.241 bits per heavy atom. The van der Waals surface area contributed by atoms with Crippen LogP contribution in [0.1, 0.15) is 191 Å². The first-order chi connectivity index (χ1) is 35.6. The Labute approximate surface area is 488 Å². The van der Waals surface area contributed by atoms with E-state index in [-0.39, 0.29) is 32.5 Å². The molecular formula is C66H93O9PS3. The molecule has 0 saturated heterocycles. The first-order valence-corrected chi connectivity index (χ1v) is 30.2. The van der Waals surface area contributed by atoms with Crippen molar-refractivity contribution in [1.29, 1.82) is 0 Å². The van der Waals surface area contributed by atoms with E-state index in [0.29, 0.717) is 34.5 Å². The van der Waals surface area contributed by atoms with Crippen molar-refractivity contribution in [2.75, 3.05) is 0 Å². The molecule has 79 heavy (non-hydrogen) atoms. The maximum absolute atomic E-state index is 10.3. The molecule has 0 amide bonds. The van der Waals surface area contributed by atoms with Crippen molar-refractivity contribution >= 4 is 43.9 Å². The van der Waals surface area contributed by atoms with E-state index in [2.05, 4.69) is 161 Å². The second-order valence-electron chi connectivity index (χ2n) is 26.9. The molecule has 0 aliphatic rings. The summed E-state index contributed by atoms with van der Waals surface area (Å²) < 4.78 is 0. The van der Waals surface area contributed by atoms with Gasteiger partial charge in [0.15, 0.2) is 0 Å². The number of aromatic hydroxyl groups is 6. The number of phenolic OH excluding ortho intramolecular Hbond substituents is 6. The van der Waals surface area contributed by atoms with Gasteiger partial charge < -0.3 is 45.3 Å². The monoisotopic (exact) mass is 1160 g/mol. The van der Waals surface area contributed by atoms with Crippen molar-refractivity contribution in [3.63, 3.8) is 0 Å². The van der Waals surface area contributed by atoms with Gasteiger partial charge in [0.25, 0.3) is 0 Å². The predicted octanol–water partition coefficient (Wildman–Crippen LogP) is 18.6. The van der Waals surface area contributed by atoms with Crippen molar-refractivity contribution in [3.8, 4) is 34.5 Å². The summed E-state index contributed by atoms with van der Waals surface area (Å²) in [5.74, 6) is 2.12. The average molecular weight is 1160 g/mol. The number of rotatable bonds is 6. The van der Waals surface area contributed by atoms with Crippen LogP contribution in [-0.2, 0) is 32.5 Å². The molecule has 0 unspecified atom stereocenters. The lowest BCUT2D eigenvalue weighted by atomic mass is 9.86. The van der Waals surface area contributed by atoms with Crippen LogP contribution in [0.25, 0.3) is 0 Å². The third-order valence-electron chi connectivity index (χ3n) is 13.3. The summed E-state index contributed by atoms with van der Waals surface area (Å²) in [5.41, 5.74) is 11.3. The molecule has 0 aliphatic heterocycles. The normalized spacial score (nSPS) is 12.3. The quantitative estimate of drug-likeness (QED) is 0.0721. The van der Waals surface area contributed by atoms with Gasteiger partial charge in [0.05, 0.1) is 0 Å². The lowest BCUT2D eigenvalue weighted by Crippen LogP contribution is -2.12. The fraction of sp³-hybridized carbons (Fsp3) is 0.455. The van der Waals surface area contributed by atoms with E-state index in [1.54, 1.807) is 35.3 Å². The van der Waals surface area contributed by atoms with Gasteiger partial charge in [-0.1, -0.05) is 160 Å². The van der Waals surface area contributed by atoms with Gasteiger partial charge in [-0.25, -0.2) is 0 Å². The van der Waals surface area contributed by atoms with E-state index in [1.165, 1.54) is 0 Å². The number of hydrogen-bond donors (Lipinski definition) is 9. The molecule has 6 rings (SSSR count). The number of phenols is 6. The Morgan fingerprint density at radius 3 is 0.430 bits per heavy atom. The number of hydrogen-bond acceptors (Lipinski definition) is 12. The van der Waals surface area contributed by atoms with Crippen LogP contribution in [-0.4, -0.2) is 45.3 Å². The zero-order valence-electron chi connectivity index (χ0n) is 51.6. The molecule has 9 N–H and O–H groups in total. The molecule has 9 nitrogen and oxygen atoms in total. The third-order valence-corrected chi connectivity index (χ3v) is 17.2. The highest BCUT2D eigenvalue weighted by Crippen LogP contribution is 2.46. The van der Waals surface area contributed by atoms with Gasteiger partial charge in [0.2, 0.25) is 0 Å². The Kier molecular flexibility index (Phi) is 22.8. The van der Waals surface area contributed by atoms with Gasteiger partial charge in [0.1, 0.15) is 34.5 Å². The SMILES string of the molecule is Cc1cc(O)c(C(C)(C)C)cc1Sc1cc(C(C)(C)C)c(O)cc1C.Cc1cc(O)c(C(C)(C)C)cc1Sc1cc(C(C)(C)C)c(O)cc1C.Cc1cc(O)c(C(C)(C)C)cc1Sc1cc(C(C)(C)C)c(O)cc1C.OP(O)O. The molecule has 6 aromatic carbocycles. The Morgan fingerprint density at radius 2 is 0.342 bits per heavy atom. The summed E-state index contributed by atoms with van der Waals surface area (Å²) in [4.78, 5) is 28.5. The van der Waals surface area contributed by atoms with Crippen LogP contribution in [0, 0.1) is 41.5 Å². The van der Waals surface area contributed by atoms with Gasteiger partial charge in [-0.2, -0.15) is 0 Å². The lowest BCUT2D eigenvalue weighted by molar-refractivity contribution is 0.368. The number of benzene rings is 6. The van der Waals surface area contributed by atoms with Crippen LogP contribution in [0.3, 0.4) is 0 Å². The first-order valence-electron chi connectivity index (χ1n) is 26.6. The third kappa shape index (κ3) is 19.3. The van der Waals surface area contributed by atoms with E-state index in [1.807, 2.05) is 77.9 Å². The van der Waals surface area contributed by atoms with E-state index in [9.17, 15) is 30.6 Å². The topological polar surface area (TPSA) is 182 Å². The maximum atomic E-state index is 10.3. The standard InChI is InChI=1S/3C22H30O2S.H3O3P/c3*1-13-9-17(23)15(21(3,4)5)11-19(13)25-20-12-16(22(6,7)8)18(24)10-14(20)2;1-4(2)3/h3*9-12,23-24H,1-8H3;1-3H. The molecule has 0 aliphatic carbocycles. The van der Waals surface area contributed by atoms with Crippen molar-refractivity contribution in [1.82, 2.24) is 0 Å². The Balaban J connectivity index is 0.000000301. The minimum Gasteiger partial charge on any atom is -0.508 e. The van der Waals surface area contributed by atoms with Gasteiger partial charge in [0, 0.05) is 62.8 Å². The van der Waals surface area contributed by atoms with Gasteiger partial charge in [-0.3, -0.25) is 0 Å². The van der Waals surface area contributed by atoms with Crippen LogP contribution >= 0.6 is 43.9 Å². The fourth-order valence-corrected chi connectivity index (χ4v) is 11.7. The minimum absolute atomic E-state index is 0.117. The second kappa shape index (κ2) is 26.2. The molecule has 13 heteroatoms. The zero-order valence-corrected chi connectivity index (χ0v) is 55.0. The molecule has 0 radical (unpaired) electrons. The van der Waals surface area contributed by atoms with E-state index < -0.39 is 8.60 Å². The van der Waals surface area contributed by atoms with Crippen molar-refractivity contribution < 1.29 is 45.3 Å². The Bertz CT molecular complexity index is 2570. The van der Waals surface area contributed by atoms with Crippen molar-refractivity contribution in [2.24, 2.45) is 0 Å². The van der Waals surface area contributed by atoms with E-state index in [0.717, 1.165) is 96.1 Å². The molecule has 0 spiro atoms. The minimum atomic E-state index is -2.62. The Hall–Kier alpha value is -4.52. The highest BCUT2D eigenvalue weighted by Gasteiger charge is 2.27.